The van der Waals surface area contributed by atoms with Crippen LogP contribution in [0.4, 0.5) is 17.1 Å². The van der Waals surface area contributed by atoms with E-state index in [1.165, 1.54) is 25.6 Å². The number of nitrogens with two attached hydrogens (primary N) is 1. The van der Waals surface area contributed by atoms with E-state index in [0.717, 1.165) is 69.4 Å². The molecule has 3 fully saturated rings. The highest BCUT2D eigenvalue weighted by atomic mass is 16.5. The first-order valence-corrected chi connectivity index (χ1v) is 19.2. The van der Waals surface area contributed by atoms with Crippen LogP contribution < -0.4 is 31.7 Å². The second-order valence-corrected chi connectivity index (χ2v) is 15.1. The summed E-state index contributed by atoms with van der Waals surface area (Å²) < 4.78 is 8.66. The fraction of sp³-hybridized carbons (Fsp3) is 0.439. The number of para-hydroxylation sites is 1. The number of imidazole rings is 1. The van der Waals surface area contributed by atoms with Gasteiger partial charge in [-0.3, -0.25) is 38.8 Å². The summed E-state index contributed by atoms with van der Waals surface area (Å²) in [5.74, 6) is -0.148. The summed E-state index contributed by atoms with van der Waals surface area (Å²) in [6.45, 7) is 2.75. The molecule has 4 heterocycles. The molecule has 3 amide bonds. The van der Waals surface area contributed by atoms with Gasteiger partial charge in [0, 0.05) is 81.1 Å². The number of aryl methyl sites for hydroxylation is 1. The Morgan fingerprint density at radius 2 is 1.88 bits per heavy atom. The fourth-order valence-electron chi connectivity index (χ4n) is 8.48. The van der Waals surface area contributed by atoms with E-state index in [0.29, 0.717) is 52.1 Å². The molecule has 1 saturated carbocycles. The number of hydrogen-bond donors (Lipinski definition) is 3. The number of hydrogen-bond acceptors (Lipinski definition) is 11. The number of nitriles is 1. The number of anilines is 3. The van der Waals surface area contributed by atoms with Crippen LogP contribution in [0, 0.1) is 17.2 Å². The van der Waals surface area contributed by atoms with E-state index in [1.807, 2.05) is 18.2 Å². The topological polar surface area (TPSA) is 193 Å². The molecule has 2 aliphatic heterocycles. The van der Waals surface area contributed by atoms with E-state index in [-0.39, 0.29) is 29.6 Å². The summed E-state index contributed by atoms with van der Waals surface area (Å²) in [6, 6.07) is 12.7. The highest BCUT2D eigenvalue weighted by Gasteiger charge is 2.33. The summed E-state index contributed by atoms with van der Waals surface area (Å²) in [4.78, 5) is 64.6. The van der Waals surface area contributed by atoms with Crippen molar-refractivity contribution in [2.45, 2.75) is 69.5 Å². The molecule has 4 N–H and O–H groups in total. The number of rotatable bonds is 10. The molecule has 0 radical (unpaired) electrons. The van der Waals surface area contributed by atoms with Crippen LogP contribution in [0.25, 0.3) is 11.0 Å². The minimum absolute atomic E-state index is 0.183. The van der Waals surface area contributed by atoms with Crippen molar-refractivity contribution in [1.82, 2.24) is 24.3 Å². The third-order valence-electron chi connectivity index (χ3n) is 11.6. The number of fused-ring (bicyclic) bond motifs is 1. The van der Waals surface area contributed by atoms with Gasteiger partial charge in [-0.2, -0.15) is 5.26 Å². The third-order valence-corrected chi connectivity index (χ3v) is 11.6. The summed E-state index contributed by atoms with van der Waals surface area (Å²) in [5.41, 5.74) is 10.8. The zero-order valence-electron chi connectivity index (χ0n) is 32.0. The molecular weight excluding hydrogens is 713 g/mol. The predicted octanol–water partition coefficient (Wildman–Crippen LogP) is 4.01. The van der Waals surface area contributed by atoms with Gasteiger partial charge in [-0.15, -0.1) is 0 Å². The van der Waals surface area contributed by atoms with Crippen LogP contribution in [-0.2, 0) is 16.6 Å². The van der Waals surface area contributed by atoms with Crippen molar-refractivity contribution in [2.75, 3.05) is 49.7 Å². The molecule has 0 spiro atoms. The molecular formula is C41H48N10O5. The normalized spacial score (nSPS) is 20.7. The molecule has 0 bridgehead atoms. The maximum atomic E-state index is 13.4. The number of pyridine rings is 1. The molecule has 292 valence electrons. The molecule has 4 aromatic rings. The lowest BCUT2D eigenvalue weighted by Gasteiger charge is -2.40. The lowest BCUT2D eigenvalue weighted by atomic mass is 9.85. The van der Waals surface area contributed by atoms with E-state index in [2.05, 4.69) is 38.5 Å². The molecule has 15 heteroatoms. The highest BCUT2D eigenvalue weighted by Crippen LogP contribution is 2.34. The first-order chi connectivity index (χ1) is 27.0. The summed E-state index contributed by atoms with van der Waals surface area (Å²) in [6.07, 6.45) is 11.2. The third kappa shape index (κ3) is 7.88. The Hall–Kier alpha value is -6.01. The van der Waals surface area contributed by atoms with Crippen LogP contribution in [0.3, 0.4) is 0 Å². The lowest BCUT2D eigenvalue weighted by Crippen LogP contribution is -2.45. The molecule has 2 aromatic carbocycles. The van der Waals surface area contributed by atoms with Crippen LogP contribution in [0.5, 0.6) is 5.75 Å². The number of nitrogens with one attached hydrogen (secondary N) is 2. The Morgan fingerprint density at radius 1 is 1.11 bits per heavy atom. The number of piperidine rings is 2. The molecule has 1 aliphatic carbocycles. The quantitative estimate of drug-likeness (QED) is 0.121. The molecule has 7 rings (SSSR count). The zero-order valence-corrected chi connectivity index (χ0v) is 32.0. The van der Waals surface area contributed by atoms with Crippen LogP contribution in [0.2, 0.25) is 0 Å². The number of ether oxygens (including phenoxy) is 1. The average Bonchev–Trinajstić information content (AvgIpc) is 3.46. The van der Waals surface area contributed by atoms with Gasteiger partial charge < -0.3 is 25.6 Å². The molecule has 1 unspecified atom stereocenters. The van der Waals surface area contributed by atoms with Crippen LogP contribution in [-0.4, -0.2) is 88.8 Å². The average molecular weight is 761 g/mol. The van der Waals surface area contributed by atoms with Gasteiger partial charge in [0.25, 0.3) is 5.91 Å². The van der Waals surface area contributed by atoms with E-state index in [1.54, 1.807) is 34.5 Å². The number of carbonyl (C=O) groups is 3. The predicted molar refractivity (Wildman–Crippen MR) is 214 cm³/mol. The number of imide groups is 1. The number of amides is 3. The van der Waals surface area contributed by atoms with E-state index < -0.39 is 17.9 Å². The van der Waals surface area contributed by atoms with Gasteiger partial charge in [0.1, 0.15) is 17.9 Å². The lowest BCUT2D eigenvalue weighted by molar-refractivity contribution is -0.135. The number of benzene rings is 2. The number of carbonyl (C=O) groups excluding carboxylic acids is 3. The minimum Gasteiger partial charge on any atom is -0.494 e. The van der Waals surface area contributed by atoms with E-state index in [4.69, 9.17) is 15.5 Å². The van der Waals surface area contributed by atoms with Gasteiger partial charge >= 0.3 is 5.69 Å². The largest absolute Gasteiger partial charge is 0.494 e. The van der Waals surface area contributed by atoms with Crippen molar-refractivity contribution >= 4 is 52.0 Å². The van der Waals surface area contributed by atoms with Crippen molar-refractivity contribution in [3.8, 4) is 11.8 Å². The minimum atomic E-state index is -0.707. The Kier molecular flexibility index (Phi) is 11.2. The molecule has 1 atom stereocenters. The SMILES string of the molecule is COc1cc(N)c(C=NC2CCC(CN(C)C3CCN(c4cccc5c4n(C)c(=O)n5C4CCC(=O)NC4=O)CC3)CC2)cc1NC(=O)c1cncc(C#N)c1. The smallest absolute Gasteiger partial charge is 0.329 e. The highest BCUT2D eigenvalue weighted by molar-refractivity contribution is 6.06. The van der Waals surface area contributed by atoms with Crippen LogP contribution >= 0.6 is 0 Å². The summed E-state index contributed by atoms with van der Waals surface area (Å²) in [7, 11) is 5.49. The Bertz CT molecular complexity index is 2270. The maximum Gasteiger partial charge on any atom is 0.329 e. The number of aliphatic imine (C=N–C) groups is 1. The van der Waals surface area contributed by atoms with Gasteiger partial charge in [-0.05, 0) is 82.2 Å². The number of nitrogens with zero attached hydrogens (tertiary/aromatic N) is 7. The van der Waals surface area contributed by atoms with Gasteiger partial charge in [0.05, 0.1) is 40.6 Å². The molecule has 2 aromatic heterocycles. The van der Waals surface area contributed by atoms with Crippen LogP contribution in [0.1, 0.15) is 78.9 Å². The second-order valence-electron chi connectivity index (χ2n) is 15.1. The van der Waals surface area contributed by atoms with Gasteiger partial charge in [0.2, 0.25) is 11.8 Å². The number of methoxy groups -OCH3 is 1. The Balaban J connectivity index is 0.923. The molecule has 3 aliphatic rings. The second kappa shape index (κ2) is 16.4. The van der Waals surface area contributed by atoms with Crippen molar-refractivity contribution in [2.24, 2.45) is 18.0 Å². The Labute approximate surface area is 325 Å². The van der Waals surface area contributed by atoms with Gasteiger partial charge in [0.15, 0.2) is 0 Å². The maximum absolute atomic E-state index is 13.4. The van der Waals surface area contributed by atoms with E-state index in [9.17, 15) is 24.4 Å². The summed E-state index contributed by atoms with van der Waals surface area (Å²) in [5, 5.41) is 14.4. The monoisotopic (exact) mass is 760 g/mol. The van der Waals surface area contributed by atoms with E-state index >= 15 is 0 Å². The number of nitrogen functional groups attached to an aromatic ring is 1. The zero-order chi connectivity index (χ0) is 39.5. The molecule has 56 heavy (non-hydrogen) atoms. The van der Waals surface area contributed by atoms with Gasteiger partial charge in [-0.25, -0.2) is 4.79 Å². The van der Waals surface area contributed by atoms with Crippen molar-refractivity contribution in [3.05, 3.63) is 76.0 Å². The first kappa shape index (κ1) is 38.3. The Morgan fingerprint density at radius 3 is 2.59 bits per heavy atom. The molecule has 2 saturated heterocycles. The summed E-state index contributed by atoms with van der Waals surface area (Å²) >= 11 is 0. The van der Waals surface area contributed by atoms with Crippen molar-refractivity contribution in [1.29, 1.82) is 5.26 Å². The number of aromatic nitrogens is 3. The van der Waals surface area contributed by atoms with Crippen molar-refractivity contribution in [3.63, 3.8) is 0 Å². The van der Waals surface area contributed by atoms with Gasteiger partial charge in [-0.1, -0.05) is 6.07 Å². The van der Waals surface area contributed by atoms with Crippen LogP contribution in [0.15, 0.2) is 58.6 Å². The molecule has 15 nitrogen and oxygen atoms in total. The standard InChI is InChI=1S/C41H48N10O5/c1-48(30-13-15-50(16-14-30)33-5-4-6-34-38(33)49(2)41(55)51(34)35-11-12-37(52)47-40(35)54)24-25-7-9-29(10-8-25)45-23-27-18-32(36(56-3)19-31(27)43)46-39(53)28-17-26(20-42)21-44-22-28/h4-6,17-19,21-23,25,29-30,35H,7-16,24,43H2,1-3H3,(H,46,53)(H,47,52,54). The van der Waals surface area contributed by atoms with Crippen molar-refractivity contribution < 1.29 is 19.1 Å². The fourth-order valence-corrected chi connectivity index (χ4v) is 8.48. The first-order valence-electron chi connectivity index (χ1n) is 19.2.